The van der Waals surface area contributed by atoms with Crippen LogP contribution >= 0.6 is 0 Å². The first-order valence-electron chi connectivity index (χ1n) is 9.73. The molecule has 0 amide bonds. The average molecular weight is 411 g/mol. The lowest BCUT2D eigenvalue weighted by Crippen LogP contribution is -2.55. The monoisotopic (exact) mass is 411 g/mol. The molecule has 2 aromatic rings. The fourth-order valence-electron chi connectivity index (χ4n) is 3.74. The highest BCUT2D eigenvalue weighted by Gasteiger charge is 2.59. The predicted octanol–water partition coefficient (Wildman–Crippen LogP) is 3.96. The molecule has 7 nitrogen and oxygen atoms in total. The third kappa shape index (κ3) is 4.06. The van der Waals surface area contributed by atoms with Crippen molar-refractivity contribution in [2.75, 3.05) is 13.2 Å². The summed E-state index contributed by atoms with van der Waals surface area (Å²) in [4.78, 5) is 38.3. The van der Waals surface area contributed by atoms with Gasteiger partial charge in [0.2, 0.25) is 6.54 Å². The van der Waals surface area contributed by atoms with E-state index in [1.54, 1.807) is 69.3 Å². The van der Waals surface area contributed by atoms with E-state index >= 15 is 0 Å². The van der Waals surface area contributed by atoms with Crippen LogP contribution < -0.4 is 4.74 Å². The van der Waals surface area contributed by atoms with Gasteiger partial charge in [-0.3, -0.25) is 19.7 Å². The van der Waals surface area contributed by atoms with Crippen LogP contribution in [0.2, 0.25) is 0 Å². The van der Waals surface area contributed by atoms with Crippen LogP contribution in [0.3, 0.4) is 0 Å². The lowest BCUT2D eigenvalue weighted by atomic mass is 9.66. The molecule has 158 valence electrons. The second-order valence-corrected chi connectivity index (χ2v) is 8.57. The van der Waals surface area contributed by atoms with Crippen molar-refractivity contribution in [3.05, 3.63) is 75.3 Å². The number of hydrogen-bond acceptors (Lipinski definition) is 6. The Bertz CT molecular complexity index is 979. The molecule has 0 spiro atoms. The smallest absolute Gasteiger partial charge is 0.325 e. The number of nitro groups is 1. The van der Waals surface area contributed by atoms with E-state index in [-0.39, 0.29) is 12.2 Å². The number of hydrogen-bond donors (Lipinski definition) is 0. The van der Waals surface area contributed by atoms with Gasteiger partial charge in [0.15, 0.2) is 11.2 Å². The lowest BCUT2D eigenvalue weighted by Gasteiger charge is -2.40. The van der Waals surface area contributed by atoms with Crippen LogP contribution in [0.5, 0.6) is 5.75 Å². The molecule has 2 aromatic carbocycles. The molecule has 0 N–H and O–H groups in total. The van der Waals surface area contributed by atoms with E-state index in [4.69, 9.17) is 9.47 Å². The third-order valence-electron chi connectivity index (χ3n) is 5.13. The van der Waals surface area contributed by atoms with E-state index < -0.39 is 40.2 Å². The maximum absolute atomic E-state index is 13.8. The molecule has 0 saturated heterocycles. The van der Waals surface area contributed by atoms with Crippen molar-refractivity contribution < 1.29 is 24.0 Å². The molecule has 1 aliphatic rings. The molecule has 2 atom stereocenters. The average Bonchev–Trinajstić information content (AvgIpc) is 2.66. The van der Waals surface area contributed by atoms with Gasteiger partial charge in [-0.1, -0.05) is 36.4 Å². The summed E-state index contributed by atoms with van der Waals surface area (Å²) in [6.45, 7) is 5.99. The molecular weight excluding hydrogens is 386 g/mol. The molecule has 0 fully saturated rings. The van der Waals surface area contributed by atoms with Crippen LogP contribution in [0.1, 0.15) is 48.2 Å². The number of fused-ring (bicyclic) bond motifs is 1. The summed E-state index contributed by atoms with van der Waals surface area (Å²) in [5.74, 6) is -2.02. The topological polar surface area (TPSA) is 95.7 Å². The van der Waals surface area contributed by atoms with Gasteiger partial charge in [0, 0.05) is 4.92 Å². The van der Waals surface area contributed by atoms with E-state index in [0.717, 1.165) is 5.56 Å². The first kappa shape index (κ1) is 21.5. The van der Waals surface area contributed by atoms with Crippen LogP contribution in [0.15, 0.2) is 48.5 Å². The van der Waals surface area contributed by atoms with Gasteiger partial charge in [-0.15, -0.1) is 0 Å². The summed E-state index contributed by atoms with van der Waals surface area (Å²) < 4.78 is 11.5. The normalized spacial score (nSPS) is 19.4. The molecular formula is C23H25NO6. The Kier molecular flexibility index (Phi) is 5.65. The molecule has 0 aromatic heterocycles. The molecule has 1 aliphatic heterocycles. The number of Topliss-reactive ketones (excluding diaryl/α,β-unsaturated/α-hetero) is 1. The van der Waals surface area contributed by atoms with Crippen LogP contribution in [0.25, 0.3) is 0 Å². The molecule has 0 aliphatic carbocycles. The summed E-state index contributed by atoms with van der Waals surface area (Å²) >= 11 is 0. The SMILES string of the molecule is Cc1ccc2c(c1)OC[C@](C(=O)OC(C)(C)C)([C@H](C[N+](=O)[O-])c1ccccc1)C2=O. The number of aryl methyl sites for hydroxylation is 1. The molecule has 30 heavy (non-hydrogen) atoms. The quantitative estimate of drug-likeness (QED) is 0.320. The number of rotatable bonds is 5. The van der Waals surface area contributed by atoms with Gasteiger partial charge in [0.05, 0.1) is 11.5 Å². The zero-order valence-corrected chi connectivity index (χ0v) is 17.5. The number of ether oxygens (including phenoxy) is 2. The van der Waals surface area contributed by atoms with Gasteiger partial charge < -0.3 is 9.47 Å². The third-order valence-corrected chi connectivity index (χ3v) is 5.13. The second kappa shape index (κ2) is 7.89. The zero-order chi connectivity index (χ0) is 22.1. The first-order chi connectivity index (χ1) is 14.0. The van der Waals surface area contributed by atoms with E-state index in [0.29, 0.717) is 11.3 Å². The van der Waals surface area contributed by atoms with Crippen molar-refractivity contribution in [2.24, 2.45) is 5.41 Å². The number of ketones is 1. The minimum atomic E-state index is -1.87. The van der Waals surface area contributed by atoms with Crippen molar-refractivity contribution in [1.82, 2.24) is 0 Å². The molecule has 1 heterocycles. The highest BCUT2D eigenvalue weighted by Crippen LogP contribution is 2.46. The number of esters is 1. The van der Waals surface area contributed by atoms with Crippen LogP contribution in [0, 0.1) is 22.5 Å². The number of nitrogens with zero attached hydrogens (tertiary/aromatic N) is 1. The minimum absolute atomic E-state index is 0.224. The summed E-state index contributed by atoms with van der Waals surface area (Å²) in [5, 5.41) is 11.6. The largest absolute Gasteiger partial charge is 0.491 e. The molecule has 0 bridgehead atoms. The molecule has 0 radical (unpaired) electrons. The minimum Gasteiger partial charge on any atom is -0.491 e. The van der Waals surface area contributed by atoms with E-state index in [1.165, 1.54) is 0 Å². The van der Waals surface area contributed by atoms with Gasteiger partial charge in [0.1, 0.15) is 18.0 Å². The fourth-order valence-corrected chi connectivity index (χ4v) is 3.74. The van der Waals surface area contributed by atoms with Crippen molar-refractivity contribution in [1.29, 1.82) is 0 Å². The van der Waals surface area contributed by atoms with E-state index in [9.17, 15) is 19.7 Å². The standard InChI is InChI=1S/C23H25NO6/c1-15-10-11-17-19(12-15)29-14-23(20(17)25,21(26)30-22(2,3)4)18(13-24(27)28)16-8-6-5-7-9-16/h5-12,18H,13-14H2,1-4H3/t18-,23+/m1/s1. The van der Waals surface area contributed by atoms with E-state index in [1.807, 2.05) is 6.92 Å². The summed E-state index contributed by atoms with van der Waals surface area (Å²) in [6.07, 6.45) is 0. The van der Waals surface area contributed by atoms with Crippen LogP contribution in [-0.4, -0.2) is 35.4 Å². The number of carbonyl (C=O) groups excluding carboxylic acids is 2. The summed E-state index contributed by atoms with van der Waals surface area (Å²) in [6, 6.07) is 13.6. The van der Waals surface area contributed by atoms with Crippen molar-refractivity contribution in [2.45, 2.75) is 39.2 Å². The Morgan fingerprint density at radius 1 is 1.23 bits per heavy atom. The van der Waals surface area contributed by atoms with Gasteiger partial charge in [-0.05, 0) is 51.0 Å². The van der Waals surface area contributed by atoms with Crippen molar-refractivity contribution in [3.63, 3.8) is 0 Å². The predicted molar refractivity (Wildman–Crippen MR) is 110 cm³/mol. The highest BCUT2D eigenvalue weighted by molar-refractivity contribution is 6.15. The van der Waals surface area contributed by atoms with Crippen LogP contribution in [-0.2, 0) is 9.53 Å². The Hall–Kier alpha value is -3.22. The number of benzene rings is 2. The Balaban J connectivity index is 2.21. The van der Waals surface area contributed by atoms with Gasteiger partial charge >= 0.3 is 5.97 Å². The molecule has 3 rings (SSSR count). The fraction of sp³-hybridized carbons (Fsp3) is 0.391. The van der Waals surface area contributed by atoms with Gasteiger partial charge in [-0.2, -0.15) is 0 Å². The van der Waals surface area contributed by atoms with Crippen molar-refractivity contribution >= 4 is 11.8 Å². The highest BCUT2D eigenvalue weighted by atomic mass is 16.6. The number of carbonyl (C=O) groups is 2. The van der Waals surface area contributed by atoms with Gasteiger partial charge in [-0.25, -0.2) is 0 Å². The Morgan fingerprint density at radius 2 is 1.90 bits per heavy atom. The maximum atomic E-state index is 13.8. The summed E-state index contributed by atoms with van der Waals surface area (Å²) in [7, 11) is 0. The Labute approximate surface area is 175 Å². The van der Waals surface area contributed by atoms with Crippen LogP contribution in [0.4, 0.5) is 0 Å². The molecule has 0 unspecified atom stereocenters. The van der Waals surface area contributed by atoms with Gasteiger partial charge in [0.25, 0.3) is 0 Å². The zero-order valence-electron chi connectivity index (χ0n) is 17.5. The van der Waals surface area contributed by atoms with Crippen molar-refractivity contribution in [3.8, 4) is 5.75 Å². The lowest BCUT2D eigenvalue weighted by molar-refractivity contribution is -0.485. The first-order valence-corrected chi connectivity index (χ1v) is 9.73. The maximum Gasteiger partial charge on any atom is 0.325 e. The second-order valence-electron chi connectivity index (χ2n) is 8.57. The molecule has 0 saturated carbocycles. The summed E-state index contributed by atoms with van der Waals surface area (Å²) in [5.41, 5.74) is -1.12. The van der Waals surface area contributed by atoms with E-state index in [2.05, 4.69) is 0 Å². The molecule has 7 heteroatoms. The Morgan fingerprint density at radius 3 is 2.50 bits per heavy atom.